The van der Waals surface area contributed by atoms with Crippen LogP contribution in [-0.4, -0.2) is 19.1 Å². The Balaban J connectivity index is 2.98. The van der Waals surface area contributed by atoms with E-state index in [4.69, 9.17) is 5.73 Å². The van der Waals surface area contributed by atoms with Crippen LogP contribution in [-0.2, 0) is 0 Å². The van der Waals surface area contributed by atoms with Gasteiger partial charge in [-0.15, -0.1) is 0 Å². The summed E-state index contributed by atoms with van der Waals surface area (Å²) in [4.78, 5) is 0. The van der Waals surface area contributed by atoms with E-state index in [1.807, 2.05) is 0 Å². The highest BCUT2D eigenvalue weighted by molar-refractivity contribution is 4.60. The molecule has 1 atom stereocenters. The largest absolute Gasteiger partial charge is 0.329 e. The summed E-state index contributed by atoms with van der Waals surface area (Å²) in [5, 5.41) is 3.46. The first-order chi connectivity index (χ1) is 11.8. The van der Waals surface area contributed by atoms with Gasteiger partial charge in [0, 0.05) is 12.6 Å². The molecule has 0 aliphatic heterocycles. The molecule has 0 aromatic heterocycles. The van der Waals surface area contributed by atoms with E-state index < -0.39 is 0 Å². The lowest BCUT2D eigenvalue weighted by Crippen LogP contribution is -2.33. The Kier molecular flexibility index (Phi) is 20.9. The zero-order valence-electron chi connectivity index (χ0n) is 17.1. The minimum absolute atomic E-state index is 0.478. The zero-order chi connectivity index (χ0) is 17.7. The molecule has 0 amide bonds. The minimum atomic E-state index is 0.478. The van der Waals surface area contributed by atoms with Gasteiger partial charge < -0.3 is 11.1 Å². The fraction of sp³-hybridized carbons (Fsp3) is 1.00. The standard InChI is InChI=1S/C22H48N2/c1-3-4-5-6-7-8-9-10-11-12-13-14-15-16-17-18-19-20-24-22(2)21-23/h22,24H,3-21,23H2,1-2H3. The third-order valence-corrected chi connectivity index (χ3v) is 5.13. The van der Waals surface area contributed by atoms with Gasteiger partial charge >= 0.3 is 0 Å². The quantitative estimate of drug-likeness (QED) is 0.246. The Labute approximate surface area is 153 Å². The number of rotatable bonds is 20. The first-order valence-corrected chi connectivity index (χ1v) is 11.2. The van der Waals surface area contributed by atoms with Crippen LogP contribution in [0.4, 0.5) is 0 Å². The number of unbranched alkanes of at least 4 members (excludes halogenated alkanes) is 16. The maximum absolute atomic E-state index is 5.59. The molecule has 0 spiro atoms. The van der Waals surface area contributed by atoms with Crippen LogP contribution in [0.25, 0.3) is 0 Å². The van der Waals surface area contributed by atoms with Crippen LogP contribution in [0.5, 0.6) is 0 Å². The smallest absolute Gasteiger partial charge is 0.0161 e. The van der Waals surface area contributed by atoms with Crippen molar-refractivity contribution in [3.63, 3.8) is 0 Å². The predicted octanol–water partition coefficient (Wildman–Crippen LogP) is 6.57. The van der Waals surface area contributed by atoms with Crippen molar-refractivity contribution >= 4 is 0 Å². The second-order valence-corrected chi connectivity index (χ2v) is 7.75. The normalized spacial score (nSPS) is 12.6. The van der Waals surface area contributed by atoms with Crippen molar-refractivity contribution in [2.24, 2.45) is 5.73 Å². The molecule has 0 saturated heterocycles. The van der Waals surface area contributed by atoms with E-state index >= 15 is 0 Å². The van der Waals surface area contributed by atoms with E-state index in [0.717, 1.165) is 13.1 Å². The monoisotopic (exact) mass is 340 g/mol. The van der Waals surface area contributed by atoms with E-state index in [-0.39, 0.29) is 0 Å². The first kappa shape index (κ1) is 23.9. The van der Waals surface area contributed by atoms with Crippen LogP contribution in [0, 0.1) is 0 Å². The van der Waals surface area contributed by atoms with Crippen LogP contribution in [0.2, 0.25) is 0 Å². The minimum Gasteiger partial charge on any atom is -0.329 e. The van der Waals surface area contributed by atoms with Gasteiger partial charge in [0.2, 0.25) is 0 Å². The molecular formula is C22H48N2. The molecule has 0 heterocycles. The highest BCUT2D eigenvalue weighted by atomic mass is 14.9. The van der Waals surface area contributed by atoms with E-state index in [1.165, 1.54) is 109 Å². The van der Waals surface area contributed by atoms with Crippen molar-refractivity contribution in [2.45, 2.75) is 129 Å². The van der Waals surface area contributed by atoms with E-state index in [0.29, 0.717) is 6.04 Å². The van der Waals surface area contributed by atoms with Gasteiger partial charge in [-0.1, -0.05) is 110 Å². The number of nitrogens with two attached hydrogens (primary N) is 1. The molecule has 0 aromatic carbocycles. The summed E-state index contributed by atoms with van der Waals surface area (Å²) in [6.07, 6.45) is 24.5. The SMILES string of the molecule is CCCCCCCCCCCCCCCCCCCNC(C)CN. The molecule has 2 nitrogen and oxygen atoms in total. The number of nitrogens with one attached hydrogen (secondary N) is 1. The molecule has 0 aliphatic rings. The molecule has 0 rings (SSSR count). The number of hydrogen-bond donors (Lipinski definition) is 2. The predicted molar refractivity (Wildman–Crippen MR) is 111 cm³/mol. The maximum Gasteiger partial charge on any atom is 0.0161 e. The molecule has 0 fully saturated rings. The van der Waals surface area contributed by atoms with Crippen LogP contribution >= 0.6 is 0 Å². The van der Waals surface area contributed by atoms with Crippen molar-refractivity contribution in [3.8, 4) is 0 Å². The molecule has 0 saturated carbocycles. The molecule has 0 bridgehead atoms. The average Bonchev–Trinajstić information content (AvgIpc) is 2.60. The van der Waals surface area contributed by atoms with E-state index in [9.17, 15) is 0 Å². The van der Waals surface area contributed by atoms with Crippen LogP contribution in [0.1, 0.15) is 123 Å². The van der Waals surface area contributed by atoms with Gasteiger partial charge in [-0.2, -0.15) is 0 Å². The zero-order valence-corrected chi connectivity index (χ0v) is 17.1. The maximum atomic E-state index is 5.59. The first-order valence-electron chi connectivity index (χ1n) is 11.2. The second-order valence-electron chi connectivity index (χ2n) is 7.75. The van der Waals surface area contributed by atoms with Crippen LogP contribution in [0.15, 0.2) is 0 Å². The fourth-order valence-electron chi connectivity index (χ4n) is 3.28. The molecule has 2 heteroatoms. The summed E-state index contributed by atoms with van der Waals surface area (Å²) < 4.78 is 0. The Morgan fingerprint density at radius 1 is 0.583 bits per heavy atom. The van der Waals surface area contributed by atoms with Crippen molar-refractivity contribution in [3.05, 3.63) is 0 Å². The Hall–Kier alpha value is -0.0800. The van der Waals surface area contributed by atoms with Gasteiger partial charge in [-0.3, -0.25) is 0 Å². The third kappa shape index (κ3) is 20.0. The molecule has 3 N–H and O–H groups in total. The summed E-state index contributed by atoms with van der Waals surface area (Å²) in [6.45, 7) is 6.34. The Morgan fingerprint density at radius 2 is 0.917 bits per heavy atom. The fourth-order valence-corrected chi connectivity index (χ4v) is 3.28. The van der Waals surface area contributed by atoms with E-state index in [1.54, 1.807) is 0 Å². The molecule has 0 aliphatic carbocycles. The summed E-state index contributed by atoms with van der Waals surface area (Å²) in [5.41, 5.74) is 5.59. The van der Waals surface area contributed by atoms with Crippen molar-refractivity contribution in [1.29, 1.82) is 0 Å². The summed E-state index contributed by atoms with van der Waals surface area (Å²) in [7, 11) is 0. The van der Waals surface area contributed by atoms with Crippen LogP contribution < -0.4 is 11.1 Å². The van der Waals surface area contributed by atoms with Gasteiger partial charge in [-0.25, -0.2) is 0 Å². The van der Waals surface area contributed by atoms with Gasteiger partial charge in [0.25, 0.3) is 0 Å². The lowest BCUT2D eigenvalue weighted by molar-refractivity contribution is 0.507. The molecule has 146 valence electrons. The highest BCUT2D eigenvalue weighted by Gasteiger charge is 1.97. The second kappa shape index (κ2) is 21.0. The summed E-state index contributed by atoms with van der Waals surface area (Å²) in [5.74, 6) is 0. The van der Waals surface area contributed by atoms with Gasteiger partial charge in [0.1, 0.15) is 0 Å². The van der Waals surface area contributed by atoms with Crippen LogP contribution in [0.3, 0.4) is 0 Å². The summed E-state index contributed by atoms with van der Waals surface area (Å²) in [6, 6.07) is 0.478. The molecule has 1 unspecified atom stereocenters. The molecule has 0 aromatic rings. The van der Waals surface area contributed by atoms with E-state index in [2.05, 4.69) is 19.2 Å². The van der Waals surface area contributed by atoms with Gasteiger partial charge in [-0.05, 0) is 19.9 Å². The lowest BCUT2D eigenvalue weighted by atomic mass is 10.0. The van der Waals surface area contributed by atoms with Gasteiger partial charge in [0.05, 0.1) is 0 Å². The third-order valence-electron chi connectivity index (χ3n) is 5.13. The molecular weight excluding hydrogens is 292 g/mol. The Bertz CT molecular complexity index is 218. The summed E-state index contributed by atoms with van der Waals surface area (Å²) >= 11 is 0. The van der Waals surface area contributed by atoms with Crippen molar-refractivity contribution in [1.82, 2.24) is 5.32 Å². The van der Waals surface area contributed by atoms with Crippen molar-refractivity contribution < 1.29 is 0 Å². The molecule has 0 radical (unpaired) electrons. The Morgan fingerprint density at radius 3 is 1.25 bits per heavy atom. The lowest BCUT2D eigenvalue weighted by Gasteiger charge is -2.10. The molecule has 24 heavy (non-hydrogen) atoms. The highest BCUT2D eigenvalue weighted by Crippen LogP contribution is 2.13. The van der Waals surface area contributed by atoms with Crippen molar-refractivity contribution in [2.75, 3.05) is 13.1 Å². The average molecular weight is 341 g/mol. The topological polar surface area (TPSA) is 38.0 Å². The van der Waals surface area contributed by atoms with Gasteiger partial charge in [0.15, 0.2) is 0 Å². The number of hydrogen-bond acceptors (Lipinski definition) is 2.